The Balaban J connectivity index is 2.18. The van der Waals surface area contributed by atoms with Crippen molar-refractivity contribution in [2.45, 2.75) is 43.7 Å². The van der Waals surface area contributed by atoms with Gasteiger partial charge in [0.2, 0.25) is 15.0 Å². The molecule has 1 N–H and O–H groups in total. The largest absolute Gasteiger partial charge is 0.416 e. The molecule has 1 aliphatic rings. The van der Waals surface area contributed by atoms with Crippen molar-refractivity contribution in [1.82, 2.24) is 15.0 Å². The average Bonchev–Trinajstić information content (AvgIpc) is 2.64. The number of halogens is 3. The summed E-state index contributed by atoms with van der Waals surface area (Å²) in [6.07, 6.45) is -3.60. The zero-order chi connectivity index (χ0) is 22.5. The van der Waals surface area contributed by atoms with Crippen LogP contribution in [0.2, 0.25) is 0 Å². The number of hydrogen-bond acceptors (Lipinski definition) is 7. The van der Waals surface area contributed by atoms with E-state index in [-0.39, 0.29) is 23.1 Å². The van der Waals surface area contributed by atoms with Crippen LogP contribution in [-0.2, 0) is 16.0 Å². The predicted molar refractivity (Wildman–Crippen MR) is 105 cm³/mol. The third-order valence-corrected chi connectivity index (χ3v) is 6.35. The van der Waals surface area contributed by atoms with Gasteiger partial charge in [0.05, 0.1) is 22.8 Å². The molecule has 0 spiro atoms. The molecule has 1 fully saturated rings. The summed E-state index contributed by atoms with van der Waals surface area (Å²) in [5, 5.41) is 10.8. The lowest BCUT2D eigenvalue weighted by molar-refractivity contribution is -0.148. The number of sulfone groups is 1. The minimum atomic E-state index is -4.54. The fourth-order valence-electron chi connectivity index (χ4n) is 3.40. The first kappa shape index (κ1) is 22.4. The summed E-state index contributed by atoms with van der Waals surface area (Å²) in [5.41, 5.74) is -1.29. The Morgan fingerprint density at radius 3 is 2.43 bits per heavy atom. The van der Waals surface area contributed by atoms with Crippen molar-refractivity contribution in [3.05, 3.63) is 35.9 Å². The van der Waals surface area contributed by atoms with Crippen LogP contribution in [0, 0.1) is 0 Å². The summed E-state index contributed by atoms with van der Waals surface area (Å²) in [4.78, 5) is 10.0. The maximum Gasteiger partial charge on any atom is 0.416 e. The third-order valence-electron chi connectivity index (χ3n) is 5.50. The molecule has 1 atom stereocenters. The fraction of sp³-hybridized carbons (Fsp3) is 0.474. The highest BCUT2D eigenvalue weighted by Gasteiger charge is 2.41. The zero-order valence-corrected chi connectivity index (χ0v) is 17.8. The number of hydroxylamine groups is 2. The van der Waals surface area contributed by atoms with Crippen LogP contribution in [-0.4, -0.2) is 59.6 Å². The summed E-state index contributed by atoms with van der Waals surface area (Å²) in [6, 6.07) is 5.72. The van der Waals surface area contributed by atoms with Gasteiger partial charge in [-0.05, 0) is 32.9 Å². The molecule has 164 valence electrons. The van der Waals surface area contributed by atoms with Gasteiger partial charge in [0.1, 0.15) is 5.82 Å². The number of alkyl halides is 3. The number of rotatable bonds is 3. The van der Waals surface area contributed by atoms with E-state index in [0.717, 1.165) is 18.4 Å². The number of anilines is 1. The van der Waals surface area contributed by atoms with E-state index in [1.165, 1.54) is 23.3 Å². The number of aromatic nitrogens is 2. The standard InChI is InChI=1S/C19H23F3N4O3S/c1-12-18(2,3)25(8-9-26(12)27)16-11-15(23-17(24-16)30(4,28)29)13-6-5-7-14(10-13)19(20,21)22/h5-7,10-12,27H,8-9H2,1-4H3. The highest BCUT2D eigenvalue weighted by Crippen LogP contribution is 2.35. The Morgan fingerprint density at radius 1 is 1.17 bits per heavy atom. The lowest BCUT2D eigenvalue weighted by atomic mass is 9.90. The van der Waals surface area contributed by atoms with Crippen LogP contribution in [0.1, 0.15) is 26.3 Å². The Hall–Kier alpha value is -2.24. The smallest absolute Gasteiger partial charge is 0.348 e. The lowest BCUT2D eigenvalue weighted by Crippen LogP contribution is -2.64. The molecule has 11 heteroatoms. The second kappa shape index (κ2) is 7.47. The van der Waals surface area contributed by atoms with Gasteiger partial charge in [-0.1, -0.05) is 12.1 Å². The molecule has 2 aromatic rings. The van der Waals surface area contributed by atoms with Crippen molar-refractivity contribution in [3.8, 4) is 11.3 Å². The van der Waals surface area contributed by atoms with Crippen molar-refractivity contribution in [1.29, 1.82) is 0 Å². The van der Waals surface area contributed by atoms with E-state index in [1.807, 2.05) is 25.7 Å². The first-order valence-electron chi connectivity index (χ1n) is 9.21. The van der Waals surface area contributed by atoms with Crippen molar-refractivity contribution in [3.63, 3.8) is 0 Å². The fourth-order valence-corrected chi connectivity index (χ4v) is 3.93. The number of hydrogen-bond donors (Lipinski definition) is 1. The van der Waals surface area contributed by atoms with Crippen LogP contribution in [0.3, 0.4) is 0 Å². The molecule has 0 saturated carbocycles. The molecule has 30 heavy (non-hydrogen) atoms. The Kier molecular flexibility index (Phi) is 5.59. The van der Waals surface area contributed by atoms with Crippen molar-refractivity contribution < 1.29 is 26.8 Å². The summed E-state index contributed by atoms with van der Waals surface area (Å²) in [7, 11) is -3.83. The van der Waals surface area contributed by atoms with Gasteiger partial charge in [0.15, 0.2) is 0 Å². The molecule has 0 aliphatic carbocycles. The van der Waals surface area contributed by atoms with Crippen molar-refractivity contribution >= 4 is 15.7 Å². The van der Waals surface area contributed by atoms with Crippen LogP contribution in [0.25, 0.3) is 11.3 Å². The summed E-state index contributed by atoms with van der Waals surface area (Å²) >= 11 is 0. The van der Waals surface area contributed by atoms with E-state index in [0.29, 0.717) is 13.1 Å². The van der Waals surface area contributed by atoms with Gasteiger partial charge in [0.25, 0.3) is 0 Å². The van der Waals surface area contributed by atoms with E-state index in [9.17, 15) is 26.8 Å². The average molecular weight is 444 g/mol. The molecule has 0 radical (unpaired) electrons. The first-order valence-corrected chi connectivity index (χ1v) is 11.1. The van der Waals surface area contributed by atoms with Crippen molar-refractivity contribution in [2.75, 3.05) is 24.2 Å². The molecule has 0 amide bonds. The monoisotopic (exact) mass is 444 g/mol. The molecule has 3 rings (SSSR count). The van der Waals surface area contributed by atoms with E-state index in [2.05, 4.69) is 9.97 Å². The number of nitrogens with zero attached hydrogens (tertiary/aromatic N) is 4. The quantitative estimate of drug-likeness (QED) is 0.728. The first-order chi connectivity index (χ1) is 13.7. The van der Waals surface area contributed by atoms with Crippen LogP contribution in [0.4, 0.5) is 19.0 Å². The molecule has 1 saturated heterocycles. The highest BCUT2D eigenvalue weighted by atomic mass is 32.2. The van der Waals surface area contributed by atoms with E-state index >= 15 is 0 Å². The maximum absolute atomic E-state index is 13.1. The maximum atomic E-state index is 13.1. The Labute approximate surface area is 173 Å². The molecule has 1 unspecified atom stereocenters. The van der Waals surface area contributed by atoms with E-state index in [4.69, 9.17) is 0 Å². The molecule has 2 heterocycles. The van der Waals surface area contributed by atoms with Gasteiger partial charge in [-0.2, -0.15) is 18.2 Å². The Bertz CT molecular complexity index is 1060. The highest BCUT2D eigenvalue weighted by molar-refractivity contribution is 7.90. The van der Waals surface area contributed by atoms with Gasteiger partial charge in [-0.15, -0.1) is 0 Å². The molecule has 1 aliphatic heterocycles. The topological polar surface area (TPSA) is 86.6 Å². The molecular weight excluding hydrogens is 421 g/mol. The van der Waals surface area contributed by atoms with Crippen LogP contribution in [0.15, 0.2) is 35.5 Å². The minimum absolute atomic E-state index is 0.0707. The van der Waals surface area contributed by atoms with E-state index in [1.54, 1.807) is 0 Å². The summed E-state index contributed by atoms with van der Waals surface area (Å²) in [5.74, 6) is 0.266. The summed E-state index contributed by atoms with van der Waals surface area (Å²) < 4.78 is 63.8. The lowest BCUT2D eigenvalue weighted by Gasteiger charge is -2.50. The molecule has 1 aromatic carbocycles. The van der Waals surface area contributed by atoms with Gasteiger partial charge in [-0.25, -0.2) is 18.4 Å². The number of piperazine rings is 1. The molecule has 7 nitrogen and oxygen atoms in total. The van der Waals surface area contributed by atoms with Gasteiger partial charge < -0.3 is 10.1 Å². The second-order valence-electron chi connectivity index (χ2n) is 7.89. The predicted octanol–water partition coefficient (Wildman–Crippen LogP) is 3.24. The molecule has 0 bridgehead atoms. The van der Waals surface area contributed by atoms with E-state index < -0.39 is 32.3 Å². The normalized spacial score (nSPS) is 20.4. The second-order valence-corrected chi connectivity index (χ2v) is 9.80. The number of benzene rings is 1. The van der Waals surface area contributed by atoms with Gasteiger partial charge >= 0.3 is 6.18 Å². The van der Waals surface area contributed by atoms with Gasteiger partial charge in [0, 0.05) is 31.0 Å². The van der Waals surface area contributed by atoms with Crippen LogP contribution in [0.5, 0.6) is 0 Å². The zero-order valence-electron chi connectivity index (χ0n) is 17.0. The molecular formula is C19H23F3N4O3S. The summed E-state index contributed by atoms with van der Waals surface area (Å²) in [6.45, 7) is 6.19. The van der Waals surface area contributed by atoms with Crippen LogP contribution >= 0.6 is 0 Å². The molecule has 1 aromatic heterocycles. The van der Waals surface area contributed by atoms with Gasteiger partial charge in [-0.3, -0.25) is 0 Å². The van der Waals surface area contributed by atoms with Crippen molar-refractivity contribution in [2.24, 2.45) is 0 Å². The minimum Gasteiger partial charge on any atom is -0.348 e. The van der Waals surface area contributed by atoms with Crippen LogP contribution < -0.4 is 4.90 Å². The Morgan fingerprint density at radius 2 is 1.83 bits per heavy atom. The SMILES string of the molecule is CC1N(O)CCN(c2cc(-c3cccc(C(F)(F)F)c3)nc(S(C)(=O)=O)n2)C1(C)C. The third kappa shape index (κ3) is 4.28.